The van der Waals surface area contributed by atoms with E-state index >= 15 is 0 Å². The molecule has 0 aliphatic carbocycles. The predicted molar refractivity (Wildman–Crippen MR) is 126 cm³/mol. The van der Waals surface area contributed by atoms with Gasteiger partial charge in [-0.1, -0.05) is 12.1 Å². The smallest absolute Gasteiger partial charge is 0.416 e. The summed E-state index contributed by atoms with van der Waals surface area (Å²) in [6.45, 7) is 3.98. The molecule has 0 atom stereocenters. The minimum Gasteiger partial charge on any atom is -0.482 e. The maximum atomic E-state index is 12.8. The van der Waals surface area contributed by atoms with E-state index in [9.17, 15) is 18.0 Å². The van der Waals surface area contributed by atoms with E-state index in [0.29, 0.717) is 28.7 Å². The molecule has 0 unspecified atom stereocenters. The maximum absolute atomic E-state index is 12.8. The maximum Gasteiger partial charge on any atom is 0.416 e. The number of halogens is 3. The third-order valence-electron chi connectivity index (χ3n) is 4.94. The summed E-state index contributed by atoms with van der Waals surface area (Å²) in [6.07, 6.45) is -4.36. The number of benzene rings is 2. The first kappa shape index (κ1) is 26.1. The zero-order valence-electron chi connectivity index (χ0n) is 19.1. The summed E-state index contributed by atoms with van der Waals surface area (Å²) < 4.78 is 54.0. The first-order valence-corrected chi connectivity index (χ1v) is 12.0. The van der Waals surface area contributed by atoms with Crippen LogP contribution in [0, 0.1) is 13.8 Å². The molecule has 0 saturated heterocycles. The molecule has 3 rings (SSSR count). The number of carbonyl (C=O) groups is 1. The lowest BCUT2D eigenvalue weighted by atomic mass is 10.1. The molecule has 3 aromatic rings. The second-order valence-electron chi connectivity index (χ2n) is 7.41. The molecule has 0 bridgehead atoms. The van der Waals surface area contributed by atoms with E-state index in [0.717, 1.165) is 38.7 Å². The number of ether oxygens (including phenoxy) is 3. The van der Waals surface area contributed by atoms with E-state index in [2.05, 4.69) is 9.72 Å². The summed E-state index contributed by atoms with van der Waals surface area (Å²) in [4.78, 5) is 18.0. The van der Waals surface area contributed by atoms with Crippen molar-refractivity contribution in [2.45, 2.75) is 37.3 Å². The Bertz CT molecular complexity index is 1140. The number of esters is 1. The molecule has 2 aromatic carbocycles. The monoisotopic (exact) mass is 511 g/mol. The molecule has 1 aromatic heterocycles. The van der Waals surface area contributed by atoms with Gasteiger partial charge >= 0.3 is 12.1 Å². The third kappa shape index (κ3) is 6.52. The molecule has 0 fully saturated rings. The Morgan fingerprint density at radius 1 is 1.12 bits per heavy atom. The summed E-state index contributed by atoms with van der Waals surface area (Å²) in [5.74, 6) is 0.763. The SMILES string of the molecule is COCc1cc(OCC(=O)OC)c(C)cc1SCc1sc(-c2ccc(C(F)(F)F)cc2)nc1C. The number of alkyl halides is 3. The van der Waals surface area contributed by atoms with Crippen LogP contribution < -0.4 is 4.74 Å². The van der Waals surface area contributed by atoms with Crippen LogP contribution in [0.2, 0.25) is 0 Å². The molecule has 1 heterocycles. The molecule has 0 spiro atoms. The largest absolute Gasteiger partial charge is 0.482 e. The Morgan fingerprint density at radius 3 is 2.44 bits per heavy atom. The van der Waals surface area contributed by atoms with Gasteiger partial charge in [0.15, 0.2) is 6.61 Å². The summed E-state index contributed by atoms with van der Waals surface area (Å²) in [5, 5.41) is 0.682. The molecule has 0 N–H and O–H groups in total. The molecule has 182 valence electrons. The topological polar surface area (TPSA) is 57.7 Å². The van der Waals surface area contributed by atoms with E-state index in [1.807, 2.05) is 26.0 Å². The second kappa shape index (κ2) is 11.2. The Morgan fingerprint density at radius 2 is 1.82 bits per heavy atom. The van der Waals surface area contributed by atoms with Crippen LogP contribution in [0.3, 0.4) is 0 Å². The molecule has 0 radical (unpaired) electrons. The van der Waals surface area contributed by atoms with Gasteiger partial charge in [0.2, 0.25) is 0 Å². The summed E-state index contributed by atoms with van der Waals surface area (Å²) in [5.41, 5.74) is 2.61. The van der Waals surface area contributed by atoms with Crippen LogP contribution in [0.1, 0.15) is 27.3 Å². The lowest BCUT2D eigenvalue weighted by Crippen LogP contribution is -2.13. The van der Waals surface area contributed by atoms with Crippen LogP contribution in [-0.4, -0.2) is 31.8 Å². The molecule has 0 amide bonds. The number of aromatic nitrogens is 1. The fraction of sp³-hybridized carbons (Fsp3) is 0.333. The van der Waals surface area contributed by atoms with E-state index in [1.54, 1.807) is 18.9 Å². The molecular formula is C24H24F3NO4S2. The molecule has 0 aliphatic rings. The average Bonchev–Trinajstić information content (AvgIpc) is 3.17. The quantitative estimate of drug-likeness (QED) is 0.244. The van der Waals surface area contributed by atoms with Gasteiger partial charge in [-0.15, -0.1) is 23.1 Å². The highest BCUT2D eigenvalue weighted by molar-refractivity contribution is 7.98. The van der Waals surface area contributed by atoms with Crippen LogP contribution in [0.15, 0.2) is 41.3 Å². The zero-order chi connectivity index (χ0) is 24.9. The third-order valence-corrected chi connectivity index (χ3v) is 7.45. The molecular weight excluding hydrogens is 487 g/mol. The number of hydrogen-bond donors (Lipinski definition) is 0. The molecule has 0 aliphatic heterocycles. The minimum atomic E-state index is -4.36. The highest BCUT2D eigenvalue weighted by Crippen LogP contribution is 2.37. The Kier molecular flexibility index (Phi) is 8.62. The Balaban J connectivity index is 1.76. The number of thiazole rings is 1. The molecule has 5 nitrogen and oxygen atoms in total. The first-order chi connectivity index (χ1) is 16.1. The number of thioether (sulfide) groups is 1. The van der Waals surface area contributed by atoms with Crippen LogP contribution in [0.25, 0.3) is 10.6 Å². The van der Waals surface area contributed by atoms with Crippen molar-refractivity contribution in [3.8, 4) is 16.3 Å². The Hall–Kier alpha value is -2.56. The van der Waals surface area contributed by atoms with Crippen LogP contribution in [0.4, 0.5) is 13.2 Å². The summed E-state index contributed by atoms with van der Waals surface area (Å²) >= 11 is 3.08. The highest BCUT2D eigenvalue weighted by atomic mass is 32.2. The van der Waals surface area contributed by atoms with Gasteiger partial charge in [-0.05, 0) is 49.2 Å². The van der Waals surface area contributed by atoms with Gasteiger partial charge in [-0.3, -0.25) is 0 Å². The normalized spacial score (nSPS) is 11.5. The number of nitrogens with zero attached hydrogens (tertiary/aromatic N) is 1. The van der Waals surface area contributed by atoms with E-state index < -0.39 is 17.7 Å². The molecule has 10 heteroatoms. The number of aryl methyl sites for hydroxylation is 2. The predicted octanol–water partition coefficient (Wildman–Crippen LogP) is 6.44. The lowest BCUT2D eigenvalue weighted by molar-refractivity contribution is -0.143. The van der Waals surface area contributed by atoms with Crippen LogP contribution in [-0.2, 0) is 32.8 Å². The first-order valence-electron chi connectivity index (χ1n) is 10.2. The van der Waals surface area contributed by atoms with E-state index in [-0.39, 0.29) is 6.61 Å². The van der Waals surface area contributed by atoms with Crippen molar-refractivity contribution in [3.63, 3.8) is 0 Å². The molecule has 0 saturated carbocycles. The summed E-state index contributed by atoms with van der Waals surface area (Å²) in [7, 11) is 2.91. The van der Waals surface area contributed by atoms with Gasteiger partial charge in [-0.2, -0.15) is 13.2 Å². The van der Waals surface area contributed by atoms with Crippen LogP contribution in [0.5, 0.6) is 5.75 Å². The van der Waals surface area contributed by atoms with Gasteiger partial charge in [-0.25, -0.2) is 9.78 Å². The van der Waals surface area contributed by atoms with Crippen molar-refractivity contribution in [2.24, 2.45) is 0 Å². The van der Waals surface area contributed by atoms with Crippen molar-refractivity contribution in [2.75, 3.05) is 20.8 Å². The van der Waals surface area contributed by atoms with Crippen molar-refractivity contribution in [1.29, 1.82) is 0 Å². The van der Waals surface area contributed by atoms with Gasteiger partial charge in [0.05, 0.1) is 25.0 Å². The van der Waals surface area contributed by atoms with Crippen molar-refractivity contribution < 1.29 is 32.2 Å². The van der Waals surface area contributed by atoms with Crippen LogP contribution >= 0.6 is 23.1 Å². The number of hydrogen-bond acceptors (Lipinski definition) is 7. The van der Waals surface area contributed by atoms with Gasteiger partial charge in [0.1, 0.15) is 10.8 Å². The van der Waals surface area contributed by atoms with E-state index in [4.69, 9.17) is 9.47 Å². The van der Waals surface area contributed by atoms with E-state index in [1.165, 1.54) is 30.6 Å². The number of rotatable bonds is 9. The highest BCUT2D eigenvalue weighted by Gasteiger charge is 2.30. The summed E-state index contributed by atoms with van der Waals surface area (Å²) in [6, 6.07) is 8.89. The average molecular weight is 512 g/mol. The van der Waals surface area contributed by atoms with Gasteiger partial charge in [0, 0.05) is 28.2 Å². The zero-order valence-corrected chi connectivity index (χ0v) is 20.7. The second-order valence-corrected chi connectivity index (χ2v) is 9.52. The fourth-order valence-electron chi connectivity index (χ4n) is 3.09. The van der Waals surface area contributed by atoms with Crippen molar-refractivity contribution >= 4 is 29.1 Å². The van der Waals surface area contributed by atoms with Gasteiger partial charge in [0.25, 0.3) is 0 Å². The lowest BCUT2D eigenvalue weighted by Gasteiger charge is -2.14. The van der Waals surface area contributed by atoms with Gasteiger partial charge < -0.3 is 14.2 Å². The molecule has 34 heavy (non-hydrogen) atoms. The number of methoxy groups -OCH3 is 2. The fourth-order valence-corrected chi connectivity index (χ4v) is 5.42. The Labute approximate surface area is 204 Å². The number of carbonyl (C=O) groups excluding carboxylic acids is 1. The van der Waals surface area contributed by atoms with Crippen molar-refractivity contribution in [1.82, 2.24) is 4.98 Å². The van der Waals surface area contributed by atoms with Crippen molar-refractivity contribution in [3.05, 3.63) is 63.7 Å². The standard InChI is InChI=1S/C24H24F3NO4S2/c1-14-9-20(17(11-30-3)10-19(14)32-12-22(29)31-4)33-13-21-15(2)28-23(34-21)16-5-7-18(8-6-16)24(25,26)27/h5-10H,11-13H2,1-4H3. The minimum absolute atomic E-state index is 0.178.